The number of carbonyl (C=O) groups excluding carboxylic acids is 2. The third-order valence-electron chi connectivity index (χ3n) is 7.25. The van der Waals surface area contributed by atoms with E-state index in [1.807, 2.05) is 121 Å². The van der Waals surface area contributed by atoms with Gasteiger partial charge >= 0.3 is 37.7 Å². The second-order valence-electron chi connectivity index (χ2n) is 11.9. The Morgan fingerprint density at radius 3 is 1.02 bits per heavy atom. The average Bonchev–Trinajstić information content (AvgIpc) is 3.30. The largest absolute Gasteiger partial charge is 2.00 e. The number of hydrogen-bond acceptors (Lipinski definition) is 10. The zero-order valence-corrected chi connectivity index (χ0v) is 38.2. The van der Waals surface area contributed by atoms with Crippen LogP contribution in [0.3, 0.4) is 0 Å². The Hall–Kier alpha value is -5.12. The molecule has 3 aromatic carbocycles. The van der Waals surface area contributed by atoms with Gasteiger partial charge in [0, 0.05) is 0 Å². The number of aliphatic carboxylic acids is 2. The third kappa shape index (κ3) is 38.3. The predicted octanol–water partition coefficient (Wildman–Crippen LogP) is 6.31. The Morgan fingerprint density at radius 1 is 0.524 bits per heavy atom. The van der Waals surface area contributed by atoms with Gasteiger partial charge in [0.2, 0.25) is 0 Å². The maximum absolute atomic E-state index is 11.0. The quantitative estimate of drug-likeness (QED) is 0.0364. The van der Waals surface area contributed by atoms with Crippen LogP contribution in [-0.4, -0.2) is 118 Å². The summed E-state index contributed by atoms with van der Waals surface area (Å²) in [5, 5.41) is 70.4. The first kappa shape index (κ1) is 67.0. The topological polar surface area (TPSA) is 202 Å². The number of hydrogen-bond donors (Lipinski definition) is 6. The second kappa shape index (κ2) is 44.9. The molecular weight excluding hydrogens is 839 g/mol. The van der Waals surface area contributed by atoms with Crippen molar-refractivity contribution < 1.29 is 59.2 Å². The molecule has 0 saturated heterocycles. The summed E-state index contributed by atoms with van der Waals surface area (Å²) >= 11 is 0. The van der Waals surface area contributed by atoms with Crippen LogP contribution in [0, 0.1) is 0 Å². The van der Waals surface area contributed by atoms with Gasteiger partial charge in [-0.2, -0.15) is 0 Å². The Labute approximate surface area is 401 Å². The van der Waals surface area contributed by atoms with Crippen LogP contribution in [-0.2, 0) is 9.59 Å². The molecule has 0 saturated carbocycles. The number of carboxylic acid groups (broad SMARTS) is 2. The Balaban J connectivity index is -0.000000210. The van der Waals surface area contributed by atoms with E-state index in [2.05, 4.69) is 65.8 Å². The van der Waals surface area contributed by atoms with Gasteiger partial charge in [0.1, 0.15) is 36.1 Å². The number of aliphatic hydroxyl groups is 6. The van der Waals surface area contributed by atoms with Crippen molar-refractivity contribution in [2.75, 3.05) is 13.2 Å². The summed E-state index contributed by atoms with van der Waals surface area (Å²) < 4.78 is 21.9. The molecule has 338 valence electrons. The minimum Gasteiger partial charge on any atom is -0.542 e. The number of aliphatic hydroxyl groups excluding tert-OH is 6. The van der Waals surface area contributed by atoms with Crippen molar-refractivity contribution in [3.63, 3.8) is 0 Å². The molecule has 0 bridgehead atoms. The first-order valence-corrected chi connectivity index (χ1v) is 18.7. The predicted molar refractivity (Wildman–Crippen MR) is 253 cm³/mol. The van der Waals surface area contributed by atoms with E-state index in [1.165, 1.54) is 12.8 Å². The van der Waals surface area contributed by atoms with E-state index in [1.54, 1.807) is 0 Å². The van der Waals surface area contributed by atoms with E-state index in [0.29, 0.717) is 0 Å². The van der Waals surface area contributed by atoms with Gasteiger partial charge < -0.3 is 50.4 Å². The number of benzene rings is 3. The Bertz CT molecular complexity index is 1660. The van der Waals surface area contributed by atoms with Gasteiger partial charge in [-0.3, -0.25) is 0 Å². The van der Waals surface area contributed by atoms with Crippen LogP contribution in [0.25, 0.3) is 36.5 Å². The molecule has 13 heteroatoms. The Kier molecular flexibility index (Phi) is 47.7. The second-order valence-corrected chi connectivity index (χ2v) is 11.9. The van der Waals surface area contributed by atoms with E-state index in [0.717, 1.165) is 46.2 Å². The molecule has 0 heterocycles. The van der Waals surface area contributed by atoms with Crippen molar-refractivity contribution >= 4 is 86.1 Å². The van der Waals surface area contributed by atoms with Crippen LogP contribution >= 0.6 is 0 Å². The molecule has 6 N–H and O–H groups in total. The maximum atomic E-state index is 11.0. The molecule has 4 atom stereocenters. The molecule has 0 aliphatic heterocycles. The average molecular weight is 901 g/mol. The van der Waals surface area contributed by atoms with Gasteiger partial charge in [0.25, 0.3) is 0 Å². The van der Waals surface area contributed by atoms with Gasteiger partial charge in [-0.1, -0.05) is 168 Å². The number of rotatable bonds is 18. The fraction of sp³-hybridized carbons (Fsp3) is 0.200. The third-order valence-corrected chi connectivity index (χ3v) is 7.25. The fourth-order valence-corrected chi connectivity index (χ4v) is 3.71. The van der Waals surface area contributed by atoms with Gasteiger partial charge in [-0.05, 0) is 65.1 Å². The molecule has 63 heavy (non-hydrogen) atoms. The standard InChI is InChI=1S/3C10H10.C8H14.C6H14O6.2C3H3FO2.Ca/c1-3-9-5-7-10(4-2)8-6-9;1-3-9-6-5-7-10(4-2)8-9;1-3-9-7-5-6-8-10(9)4-2;1-3-5-7-8-6-4-2;7-1-3(9)5(11)6(12)4(10)2-8;2*1-2(4)3(5)6;/h3*3-8H,1-2H2;3-4H,1-2,5-8H2;3-12H,1-2H2;2*1H2,(H,5,6);/q;;;;;;;+2/p-2/t;;;;3-,4+,5-,6-;;;/m....1.../s1. The molecule has 0 unspecified atom stereocenters. The van der Waals surface area contributed by atoms with Crippen molar-refractivity contribution in [1.82, 2.24) is 0 Å². The molecule has 0 amide bonds. The van der Waals surface area contributed by atoms with Gasteiger partial charge in [0.05, 0.1) is 25.2 Å². The van der Waals surface area contributed by atoms with Crippen molar-refractivity contribution in [2.45, 2.75) is 50.1 Å². The van der Waals surface area contributed by atoms with Crippen LogP contribution in [0.4, 0.5) is 8.78 Å². The smallest absolute Gasteiger partial charge is 0.542 e. The molecule has 0 radical (unpaired) electrons. The number of carboxylic acids is 2. The summed E-state index contributed by atoms with van der Waals surface area (Å²) in [7, 11) is 0. The monoisotopic (exact) mass is 900 g/mol. The van der Waals surface area contributed by atoms with E-state index >= 15 is 0 Å². The maximum Gasteiger partial charge on any atom is 2.00 e. The summed E-state index contributed by atoms with van der Waals surface area (Å²) in [5.74, 6) is -6.57. The van der Waals surface area contributed by atoms with Gasteiger partial charge in [0.15, 0.2) is 0 Å². The summed E-state index contributed by atoms with van der Waals surface area (Å²) in [6.07, 6.45) is 13.3. The molecular formula is C50H62CaF2O10. The zero-order valence-electron chi connectivity index (χ0n) is 35.9. The van der Waals surface area contributed by atoms with Crippen LogP contribution in [0.1, 0.15) is 59.1 Å². The first-order valence-electron chi connectivity index (χ1n) is 18.7. The number of allylic oxidation sites excluding steroid dienone is 2. The van der Waals surface area contributed by atoms with Crippen LogP contribution in [0.15, 0.2) is 162 Å². The van der Waals surface area contributed by atoms with Gasteiger partial charge in [-0.15, -0.1) is 13.2 Å². The van der Waals surface area contributed by atoms with E-state index in [-0.39, 0.29) is 37.7 Å². The minimum atomic E-state index is -1.85. The molecule has 0 aliphatic rings. The summed E-state index contributed by atoms with van der Waals surface area (Å²) in [5.41, 5.74) is 6.83. The molecule has 10 nitrogen and oxygen atoms in total. The van der Waals surface area contributed by atoms with E-state index in [4.69, 9.17) is 50.4 Å². The normalized spacial score (nSPS) is 10.8. The molecule has 0 aromatic heterocycles. The number of unbranched alkanes of at least 4 members (excludes halogenated alkanes) is 3. The van der Waals surface area contributed by atoms with E-state index < -0.39 is 61.2 Å². The molecule has 0 aliphatic carbocycles. The van der Waals surface area contributed by atoms with Crippen LogP contribution < -0.4 is 10.2 Å². The SMILES string of the molecule is C=C(F)C(=O)[O-].C=C(F)C(=O)[O-].C=CCCCCC=C.C=Cc1ccc(C=C)cc1.C=Cc1cccc(C=C)c1.C=Cc1ccccc1C=C.OC[C@@H](O)[C@@H](O)[C@H](O)[C@@H](O)CO.[Ca+2]. The number of carbonyl (C=O) groups is 2. The summed E-state index contributed by atoms with van der Waals surface area (Å²) in [6.45, 7) is 32.7. The molecule has 0 spiro atoms. The van der Waals surface area contributed by atoms with Crippen molar-refractivity contribution in [3.05, 3.63) is 196 Å². The van der Waals surface area contributed by atoms with Crippen molar-refractivity contribution in [2.24, 2.45) is 0 Å². The Morgan fingerprint density at radius 2 is 0.810 bits per heavy atom. The van der Waals surface area contributed by atoms with Crippen LogP contribution in [0.2, 0.25) is 0 Å². The van der Waals surface area contributed by atoms with Crippen molar-refractivity contribution in [1.29, 1.82) is 0 Å². The summed E-state index contributed by atoms with van der Waals surface area (Å²) in [4.78, 5) is 18.2. The van der Waals surface area contributed by atoms with E-state index in [9.17, 15) is 8.78 Å². The molecule has 3 rings (SSSR count). The van der Waals surface area contributed by atoms with Crippen LogP contribution in [0.5, 0.6) is 0 Å². The first-order chi connectivity index (χ1) is 29.3. The fourth-order valence-electron chi connectivity index (χ4n) is 3.71. The molecule has 0 fully saturated rings. The molecule has 3 aromatic rings. The minimum absolute atomic E-state index is 0. The van der Waals surface area contributed by atoms with Crippen molar-refractivity contribution in [3.8, 4) is 0 Å². The number of halogens is 2. The summed E-state index contributed by atoms with van der Waals surface area (Å²) in [6, 6.07) is 24.2. The van der Waals surface area contributed by atoms with Gasteiger partial charge in [-0.25, -0.2) is 8.78 Å². The zero-order chi connectivity index (χ0) is 48.5.